The van der Waals surface area contributed by atoms with E-state index in [4.69, 9.17) is 11.6 Å². The van der Waals surface area contributed by atoms with Gasteiger partial charge >= 0.3 is 0 Å². The highest BCUT2D eigenvalue weighted by molar-refractivity contribution is 9.10. The molecule has 0 radical (unpaired) electrons. The lowest BCUT2D eigenvalue weighted by molar-refractivity contribution is 0.625. The van der Waals surface area contributed by atoms with Gasteiger partial charge in [-0.05, 0) is 30.3 Å². The van der Waals surface area contributed by atoms with Gasteiger partial charge in [0.05, 0.1) is 6.07 Å². The molecule has 0 fully saturated rings. The Morgan fingerprint density at radius 3 is 2.68 bits per heavy atom. The van der Waals surface area contributed by atoms with Gasteiger partial charge in [0.25, 0.3) is 0 Å². The zero-order chi connectivity index (χ0) is 13.8. The summed E-state index contributed by atoms with van der Waals surface area (Å²) in [6, 6.07) is 12.9. The molecule has 0 aliphatic carbocycles. The van der Waals surface area contributed by atoms with Gasteiger partial charge in [0.15, 0.2) is 0 Å². The Bertz CT molecular complexity index is 640. The molecule has 1 atom stereocenters. The van der Waals surface area contributed by atoms with Crippen molar-refractivity contribution in [1.82, 2.24) is 0 Å². The second-order valence-electron chi connectivity index (χ2n) is 3.88. The predicted molar refractivity (Wildman–Crippen MR) is 77.5 cm³/mol. The van der Waals surface area contributed by atoms with Crippen LogP contribution in [0.15, 0.2) is 46.9 Å². The normalized spacial score (nSPS) is 11.7. The fourth-order valence-electron chi connectivity index (χ4n) is 1.66. The minimum Gasteiger partial charge on any atom is -0.366 e. The molecular formula is C14H9BrClFN2. The van der Waals surface area contributed by atoms with Crippen molar-refractivity contribution in [2.45, 2.75) is 6.04 Å². The van der Waals surface area contributed by atoms with Crippen molar-refractivity contribution < 1.29 is 4.39 Å². The van der Waals surface area contributed by atoms with Crippen LogP contribution in [0.5, 0.6) is 0 Å². The molecule has 0 aliphatic heterocycles. The van der Waals surface area contributed by atoms with Crippen molar-refractivity contribution in [2.75, 3.05) is 5.32 Å². The zero-order valence-electron chi connectivity index (χ0n) is 9.70. The Balaban J connectivity index is 2.28. The number of nitriles is 1. The Labute approximate surface area is 123 Å². The van der Waals surface area contributed by atoms with Crippen LogP contribution in [0.2, 0.25) is 5.02 Å². The quantitative estimate of drug-likeness (QED) is 0.861. The first-order valence-electron chi connectivity index (χ1n) is 5.47. The maximum absolute atomic E-state index is 13.0. The van der Waals surface area contributed by atoms with Gasteiger partial charge in [-0.2, -0.15) is 5.26 Å². The van der Waals surface area contributed by atoms with Crippen LogP contribution in [0.4, 0.5) is 10.1 Å². The lowest BCUT2D eigenvalue weighted by Gasteiger charge is -2.15. The van der Waals surface area contributed by atoms with Crippen molar-refractivity contribution in [2.24, 2.45) is 0 Å². The summed E-state index contributed by atoms with van der Waals surface area (Å²) in [7, 11) is 0. The van der Waals surface area contributed by atoms with Crippen LogP contribution in [-0.2, 0) is 0 Å². The highest BCUT2D eigenvalue weighted by Crippen LogP contribution is 2.27. The molecule has 2 aromatic rings. The van der Waals surface area contributed by atoms with Crippen molar-refractivity contribution in [3.63, 3.8) is 0 Å². The highest BCUT2D eigenvalue weighted by Gasteiger charge is 2.14. The van der Waals surface area contributed by atoms with Gasteiger partial charge in [0.1, 0.15) is 11.9 Å². The summed E-state index contributed by atoms with van der Waals surface area (Å²) in [5.74, 6) is -0.352. The van der Waals surface area contributed by atoms with Gasteiger partial charge < -0.3 is 5.32 Å². The van der Waals surface area contributed by atoms with Crippen molar-refractivity contribution in [1.29, 1.82) is 5.26 Å². The Hall–Kier alpha value is -1.57. The second kappa shape index (κ2) is 6.05. The monoisotopic (exact) mass is 338 g/mol. The lowest BCUT2D eigenvalue weighted by atomic mass is 10.1. The number of halogens is 3. The topological polar surface area (TPSA) is 35.8 Å². The van der Waals surface area contributed by atoms with E-state index in [9.17, 15) is 9.65 Å². The molecular weight excluding hydrogens is 331 g/mol. The van der Waals surface area contributed by atoms with E-state index in [1.807, 2.05) is 6.07 Å². The molecule has 0 amide bonds. The molecule has 1 N–H and O–H groups in total. The fourth-order valence-corrected chi connectivity index (χ4v) is 2.43. The number of nitrogens with zero attached hydrogens (tertiary/aromatic N) is 1. The van der Waals surface area contributed by atoms with Gasteiger partial charge in [0.2, 0.25) is 0 Å². The third-order valence-electron chi connectivity index (χ3n) is 2.54. The minimum atomic E-state index is -0.589. The van der Waals surface area contributed by atoms with Crippen molar-refractivity contribution in [3.8, 4) is 6.07 Å². The van der Waals surface area contributed by atoms with Crippen molar-refractivity contribution >= 4 is 33.2 Å². The van der Waals surface area contributed by atoms with E-state index in [0.29, 0.717) is 15.1 Å². The first-order valence-corrected chi connectivity index (χ1v) is 6.64. The predicted octanol–water partition coefficient (Wildman–Crippen LogP) is 4.92. The molecule has 0 aromatic heterocycles. The summed E-state index contributed by atoms with van der Waals surface area (Å²) >= 11 is 9.15. The molecule has 1 unspecified atom stereocenters. The number of nitrogens with one attached hydrogen (secondary N) is 1. The second-order valence-corrected chi connectivity index (χ2v) is 5.17. The summed E-state index contributed by atoms with van der Waals surface area (Å²) in [4.78, 5) is 0. The van der Waals surface area contributed by atoms with Gasteiger partial charge in [-0.15, -0.1) is 0 Å². The minimum absolute atomic E-state index is 0.352. The number of rotatable bonds is 3. The van der Waals surface area contributed by atoms with E-state index in [1.165, 1.54) is 12.1 Å². The number of anilines is 1. The standard InChI is InChI=1S/C14H9BrClFN2/c15-13-7-10(17)4-5-12(13)14(8-18)19-11-3-1-2-9(16)6-11/h1-7,14,19H. The Kier molecular flexibility index (Phi) is 4.41. The smallest absolute Gasteiger partial charge is 0.141 e. The van der Waals surface area contributed by atoms with Crippen LogP contribution in [0.3, 0.4) is 0 Å². The van der Waals surface area contributed by atoms with E-state index < -0.39 is 6.04 Å². The average molecular weight is 340 g/mol. The SMILES string of the molecule is N#CC(Nc1cccc(Cl)c1)c1ccc(F)cc1Br. The Morgan fingerprint density at radius 1 is 1.26 bits per heavy atom. The summed E-state index contributed by atoms with van der Waals surface area (Å²) in [6.07, 6.45) is 0. The molecule has 19 heavy (non-hydrogen) atoms. The van der Waals surface area contributed by atoms with Gasteiger partial charge in [-0.1, -0.05) is 39.7 Å². The first-order chi connectivity index (χ1) is 9.10. The molecule has 0 aliphatic rings. The van der Waals surface area contributed by atoms with E-state index in [2.05, 4.69) is 27.3 Å². The van der Waals surface area contributed by atoms with Crippen LogP contribution in [0, 0.1) is 17.1 Å². The third kappa shape index (κ3) is 3.46. The largest absolute Gasteiger partial charge is 0.366 e. The molecule has 0 spiro atoms. The molecule has 0 heterocycles. The van der Waals surface area contributed by atoms with E-state index in [-0.39, 0.29) is 5.82 Å². The lowest BCUT2D eigenvalue weighted by Crippen LogP contribution is -2.09. The third-order valence-corrected chi connectivity index (χ3v) is 3.46. The van der Waals surface area contributed by atoms with Gasteiger partial charge in [0, 0.05) is 20.7 Å². The molecule has 0 saturated carbocycles. The number of hydrogen-bond acceptors (Lipinski definition) is 2. The highest BCUT2D eigenvalue weighted by atomic mass is 79.9. The first kappa shape index (κ1) is 13.9. The fraction of sp³-hybridized carbons (Fsp3) is 0.0714. The molecule has 0 bridgehead atoms. The maximum atomic E-state index is 13.0. The molecule has 5 heteroatoms. The van der Waals surface area contributed by atoms with Crippen molar-refractivity contribution in [3.05, 3.63) is 63.3 Å². The van der Waals surface area contributed by atoms with Crippen LogP contribution in [0.25, 0.3) is 0 Å². The molecule has 0 saturated heterocycles. The number of benzene rings is 2. The van der Waals surface area contributed by atoms with Crippen LogP contribution >= 0.6 is 27.5 Å². The summed E-state index contributed by atoms with van der Waals surface area (Å²) in [6.45, 7) is 0. The molecule has 2 rings (SSSR count). The maximum Gasteiger partial charge on any atom is 0.141 e. The molecule has 96 valence electrons. The summed E-state index contributed by atoms with van der Waals surface area (Å²) in [5.41, 5.74) is 1.40. The summed E-state index contributed by atoms with van der Waals surface area (Å²) < 4.78 is 13.6. The van der Waals surface area contributed by atoms with Crippen LogP contribution in [0.1, 0.15) is 11.6 Å². The van der Waals surface area contributed by atoms with Gasteiger partial charge in [-0.25, -0.2) is 4.39 Å². The summed E-state index contributed by atoms with van der Waals surface area (Å²) in [5, 5.41) is 12.9. The van der Waals surface area contributed by atoms with E-state index in [1.54, 1.807) is 24.3 Å². The van der Waals surface area contributed by atoms with Gasteiger partial charge in [-0.3, -0.25) is 0 Å². The molecule has 2 aromatic carbocycles. The average Bonchev–Trinajstić information content (AvgIpc) is 2.37. The van der Waals surface area contributed by atoms with Crippen LogP contribution in [-0.4, -0.2) is 0 Å². The van der Waals surface area contributed by atoms with Crippen LogP contribution < -0.4 is 5.32 Å². The van der Waals surface area contributed by atoms with E-state index >= 15 is 0 Å². The Morgan fingerprint density at radius 2 is 2.05 bits per heavy atom. The zero-order valence-corrected chi connectivity index (χ0v) is 12.0. The molecule has 2 nitrogen and oxygen atoms in total. The number of hydrogen-bond donors (Lipinski definition) is 1. The van der Waals surface area contributed by atoms with E-state index in [0.717, 1.165) is 5.69 Å².